The number of allylic oxidation sites excluding steroid dienone is 2. The lowest BCUT2D eigenvalue weighted by Crippen LogP contribution is -2.28. The van der Waals surface area contributed by atoms with Gasteiger partial charge in [-0.1, -0.05) is 131 Å². The minimum Gasteiger partial charge on any atom is -0.333 e. The number of benzene rings is 6. The van der Waals surface area contributed by atoms with Crippen molar-refractivity contribution < 1.29 is 0 Å². The Balaban J connectivity index is 1.17. The molecule has 0 amide bonds. The van der Waals surface area contributed by atoms with Crippen molar-refractivity contribution in [3.63, 3.8) is 0 Å². The van der Waals surface area contributed by atoms with Gasteiger partial charge in [-0.2, -0.15) is 0 Å². The lowest BCUT2D eigenvalue weighted by molar-refractivity contribution is 0.660. The van der Waals surface area contributed by atoms with Gasteiger partial charge in [-0.25, -0.2) is 0 Å². The van der Waals surface area contributed by atoms with Crippen LogP contribution in [0.2, 0.25) is 0 Å². The van der Waals surface area contributed by atoms with E-state index in [0.717, 1.165) is 0 Å². The minimum atomic E-state index is -0.0876. The van der Waals surface area contributed by atoms with Gasteiger partial charge in [-0.15, -0.1) is 0 Å². The fourth-order valence-electron chi connectivity index (χ4n) is 9.47. The molecule has 0 aromatic heterocycles. The molecule has 10 rings (SSSR count). The van der Waals surface area contributed by atoms with Gasteiger partial charge in [0.1, 0.15) is 0 Å². The van der Waals surface area contributed by atoms with Gasteiger partial charge in [0.05, 0.1) is 6.04 Å². The number of hydrogen-bond acceptors (Lipinski definition) is 2. The summed E-state index contributed by atoms with van der Waals surface area (Å²) in [7, 11) is 0. The first-order valence-corrected chi connectivity index (χ1v) is 17.9. The molecule has 3 aliphatic carbocycles. The first-order chi connectivity index (χ1) is 24.3. The summed E-state index contributed by atoms with van der Waals surface area (Å²) in [5.41, 5.74) is 18.2. The smallest absolute Gasteiger partial charge is 0.0629 e. The average molecular weight is 645 g/mol. The maximum Gasteiger partial charge on any atom is 0.0629 e. The Bertz CT molecular complexity index is 2300. The van der Waals surface area contributed by atoms with Crippen LogP contribution in [-0.4, -0.2) is 6.04 Å². The molecule has 0 radical (unpaired) electrons. The van der Waals surface area contributed by atoms with Gasteiger partial charge in [-0.3, -0.25) is 0 Å². The highest BCUT2D eigenvalue weighted by Gasteiger charge is 2.40. The van der Waals surface area contributed by atoms with Crippen molar-refractivity contribution in [1.82, 2.24) is 0 Å². The molecule has 0 saturated carbocycles. The standard InChI is InChI=1S/C48H40N2/c1-47(2)41-19-11-8-16-35(41)37-25-22-33(29-43(37)47)49(34-23-26-38-36-17-9-12-20-42(36)48(3,4)44(38)30-34)32-24-27-46-40(28-32)39-18-10-13-21-45(39)50(46)31-14-6-5-7-15-31/h5-30,39,45H,1-4H3/t39-,45-/m1/s1. The molecule has 1 heterocycles. The lowest BCUT2D eigenvalue weighted by Gasteiger charge is -2.30. The molecule has 2 atom stereocenters. The summed E-state index contributed by atoms with van der Waals surface area (Å²) in [6.45, 7) is 9.49. The fraction of sp³-hybridized carbons (Fsp3) is 0.167. The van der Waals surface area contributed by atoms with Crippen LogP contribution < -0.4 is 9.80 Å². The predicted octanol–water partition coefficient (Wildman–Crippen LogP) is 12.5. The van der Waals surface area contributed by atoms with Gasteiger partial charge in [0.2, 0.25) is 0 Å². The Morgan fingerprint density at radius 3 is 1.60 bits per heavy atom. The van der Waals surface area contributed by atoms with E-state index in [-0.39, 0.29) is 22.8 Å². The van der Waals surface area contributed by atoms with E-state index in [9.17, 15) is 0 Å². The Labute approximate surface area is 295 Å². The molecule has 6 aromatic rings. The summed E-state index contributed by atoms with van der Waals surface area (Å²) < 4.78 is 0. The first kappa shape index (κ1) is 29.3. The molecule has 2 heteroatoms. The minimum absolute atomic E-state index is 0.0876. The van der Waals surface area contributed by atoms with E-state index in [0.29, 0.717) is 0 Å². The fourth-order valence-corrected chi connectivity index (χ4v) is 9.47. The van der Waals surface area contributed by atoms with Crippen LogP contribution in [0.25, 0.3) is 22.3 Å². The third-order valence-electron chi connectivity index (χ3n) is 12.0. The number of rotatable bonds is 4. The van der Waals surface area contributed by atoms with E-state index in [1.54, 1.807) is 0 Å². The molecule has 4 aliphatic rings. The molecule has 50 heavy (non-hydrogen) atoms. The van der Waals surface area contributed by atoms with E-state index < -0.39 is 0 Å². The average Bonchev–Trinajstić information content (AvgIpc) is 3.69. The Morgan fingerprint density at radius 2 is 0.980 bits per heavy atom. The van der Waals surface area contributed by atoms with Crippen LogP contribution in [0.1, 0.15) is 61.4 Å². The van der Waals surface area contributed by atoms with E-state index >= 15 is 0 Å². The van der Waals surface area contributed by atoms with Gasteiger partial charge in [-0.05, 0) is 105 Å². The summed E-state index contributed by atoms with van der Waals surface area (Å²) in [5, 5.41) is 0. The second kappa shape index (κ2) is 10.5. The summed E-state index contributed by atoms with van der Waals surface area (Å²) in [6, 6.07) is 50.4. The monoisotopic (exact) mass is 644 g/mol. The van der Waals surface area contributed by atoms with Gasteiger partial charge in [0, 0.05) is 45.2 Å². The Hall–Kier alpha value is -5.60. The van der Waals surface area contributed by atoms with Gasteiger partial charge < -0.3 is 9.80 Å². The molecule has 0 bridgehead atoms. The molecule has 0 fully saturated rings. The third-order valence-corrected chi connectivity index (χ3v) is 12.0. The molecule has 2 nitrogen and oxygen atoms in total. The number of nitrogens with zero attached hydrogens (tertiary/aromatic N) is 2. The summed E-state index contributed by atoms with van der Waals surface area (Å²) >= 11 is 0. The van der Waals surface area contributed by atoms with Crippen molar-refractivity contribution in [1.29, 1.82) is 0 Å². The molecule has 0 N–H and O–H groups in total. The molecular weight excluding hydrogens is 605 g/mol. The van der Waals surface area contributed by atoms with Crippen LogP contribution in [0.3, 0.4) is 0 Å². The van der Waals surface area contributed by atoms with Crippen LogP contribution in [0.15, 0.2) is 158 Å². The highest BCUT2D eigenvalue weighted by Crippen LogP contribution is 2.54. The van der Waals surface area contributed by atoms with Gasteiger partial charge in [0.25, 0.3) is 0 Å². The summed E-state index contributed by atoms with van der Waals surface area (Å²) in [6.07, 6.45) is 9.15. The van der Waals surface area contributed by atoms with Crippen molar-refractivity contribution >= 4 is 28.4 Å². The van der Waals surface area contributed by atoms with Crippen molar-refractivity contribution in [3.8, 4) is 22.3 Å². The number of fused-ring (bicyclic) bond motifs is 9. The molecule has 0 spiro atoms. The molecule has 0 unspecified atom stereocenters. The SMILES string of the molecule is CC1(C)c2ccccc2-c2ccc(N(c3ccc4c(c3)[C@H]3C=CC=C[C@H]3N4c3ccccc3)c3ccc4c(c3)C(C)(C)c3ccccc3-4)cc21. The number of anilines is 5. The predicted molar refractivity (Wildman–Crippen MR) is 210 cm³/mol. The maximum absolute atomic E-state index is 2.51. The van der Waals surface area contributed by atoms with E-state index in [4.69, 9.17) is 0 Å². The highest BCUT2D eigenvalue weighted by molar-refractivity contribution is 5.89. The quantitative estimate of drug-likeness (QED) is 0.188. The number of hydrogen-bond donors (Lipinski definition) is 0. The maximum atomic E-state index is 2.51. The second-order valence-electron chi connectivity index (χ2n) is 15.4. The van der Waals surface area contributed by atoms with Crippen molar-refractivity contribution in [2.75, 3.05) is 9.80 Å². The van der Waals surface area contributed by atoms with Gasteiger partial charge >= 0.3 is 0 Å². The van der Waals surface area contributed by atoms with Crippen LogP contribution in [0.5, 0.6) is 0 Å². The van der Waals surface area contributed by atoms with Crippen molar-refractivity contribution in [2.24, 2.45) is 0 Å². The molecule has 6 aromatic carbocycles. The van der Waals surface area contributed by atoms with E-state index in [2.05, 4.69) is 195 Å². The topological polar surface area (TPSA) is 6.48 Å². The molecule has 0 saturated heterocycles. The zero-order valence-corrected chi connectivity index (χ0v) is 29.1. The van der Waals surface area contributed by atoms with Crippen LogP contribution in [0, 0.1) is 0 Å². The van der Waals surface area contributed by atoms with Crippen LogP contribution >= 0.6 is 0 Å². The zero-order valence-electron chi connectivity index (χ0n) is 29.1. The lowest BCUT2D eigenvalue weighted by atomic mass is 9.82. The molecular formula is C48H40N2. The Morgan fingerprint density at radius 1 is 0.480 bits per heavy atom. The second-order valence-corrected chi connectivity index (χ2v) is 15.4. The zero-order chi connectivity index (χ0) is 33.8. The van der Waals surface area contributed by atoms with E-state index in [1.807, 2.05) is 0 Å². The highest BCUT2D eigenvalue weighted by atomic mass is 15.2. The summed E-state index contributed by atoms with van der Waals surface area (Å²) in [4.78, 5) is 5.01. The van der Waals surface area contributed by atoms with Crippen molar-refractivity contribution in [3.05, 3.63) is 186 Å². The Kier molecular flexibility index (Phi) is 6.13. The largest absolute Gasteiger partial charge is 0.333 e. The molecule has 242 valence electrons. The van der Waals surface area contributed by atoms with Crippen molar-refractivity contribution in [2.45, 2.75) is 50.5 Å². The van der Waals surface area contributed by atoms with Crippen LogP contribution in [0.4, 0.5) is 28.4 Å². The third kappa shape index (κ3) is 4.02. The normalized spacial score (nSPS) is 19.3. The first-order valence-electron chi connectivity index (χ1n) is 17.9. The van der Waals surface area contributed by atoms with Crippen LogP contribution in [-0.2, 0) is 10.8 Å². The molecule has 1 aliphatic heterocycles. The number of para-hydroxylation sites is 1. The van der Waals surface area contributed by atoms with Gasteiger partial charge in [0.15, 0.2) is 0 Å². The summed E-state index contributed by atoms with van der Waals surface area (Å²) in [5.74, 6) is 0.277. The van der Waals surface area contributed by atoms with E-state index in [1.165, 1.54) is 78.5 Å².